The summed E-state index contributed by atoms with van der Waals surface area (Å²) >= 11 is 0. The lowest BCUT2D eigenvalue weighted by Crippen LogP contribution is -2.36. The van der Waals surface area contributed by atoms with Crippen LogP contribution in [0.5, 0.6) is 0 Å². The molecule has 124 valence electrons. The van der Waals surface area contributed by atoms with Gasteiger partial charge in [-0.3, -0.25) is 9.78 Å². The molecule has 1 heterocycles. The Morgan fingerprint density at radius 2 is 1.70 bits per heavy atom. The lowest BCUT2D eigenvalue weighted by molar-refractivity contribution is -0.173. The number of hydrogen-bond donors (Lipinski definition) is 1. The zero-order chi connectivity index (χ0) is 16.3. The second-order valence-electron chi connectivity index (χ2n) is 4.34. The van der Waals surface area contributed by atoms with Crippen molar-refractivity contribution in [1.82, 2.24) is 10.3 Å². The van der Waals surface area contributed by atoms with E-state index in [1.54, 1.807) is 0 Å². The predicted molar refractivity (Wildman–Crippen MR) is 74.7 cm³/mol. The number of hydrogen-bond acceptors (Lipinski definition) is 2. The van der Waals surface area contributed by atoms with E-state index in [2.05, 4.69) is 4.98 Å². The van der Waals surface area contributed by atoms with Crippen LogP contribution in [0.1, 0.15) is 5.56 Å². The van der Waals surface area contributed by atoms with Gasteiger partial charge < -0.3 is 5.32 Å². The molecule has 9 heteroatoms. The number of nitrogens with one attached hydrogen (secondary N) is 1. The van der Waals surface area contributed by atoms with Crippen LogP contribution in [0.2, 0.25) is 0 Å². The van der Waals surface area contributed by atoms with Gasteiger partial charge in [0, 0.05) is 36.1 Å². The van der Waals surface area contributed by atoms with Crippen molar-refractivity contribution in [3.05, 3.63) is 53.9 Å². The van der Waals surface area contributed by atoms with Crippen molar-refractivity contribution >= 4 is 18.3 Å². The highest BCUT2D eigenvalue weighted by molar-refractivity contribution is 5.85. The van der Waals surface area contributed by atoms with E-state index in [1.165, 1.54) is 29.8 Å². The Labute approximate surface area is 133 Å². The molecule has 0 aliphatic rings. The molecule has 0 spiro atoms. The van der Waals surface area contributed by atoms with Gasteiger partial charge in [0.25, 0.3) is 0 Å². The van der Waals surface area contributed by atoms with Crippen molar-refractivity contribution in [3.63, 3.8) is 0 Å². The largest absolute Gasteiger partial charge is 0.471 e. The van der Waals surface area contributed by atoms with Crippen LogP contribution in [0.4, 0.5) is 22.0 Å². The molecular weight excluding hydrogens is 343 g/mol. The van der Waals surface area contributed by atoms with Gasteiger partial charge in [-0.1, -0.05) is 0 Å². The summed E-state index contributed by atoms with van der Waals surface area (Å²) in [5, 5.41) is 1.54. The zero-order valence-corrected chi connectivity index (χ0v) is 12.1. The Morgan fingerprint density at radius 3 is 2.26 bits per heavy atom. The zero-order valence-electron chi connectivity index (χ0n) is 11.3. The van der Waals surface area contributed by atoms with Gasteiger partial charge in [-0.2, -0.15) is 13.2 Å². The minimum Gasteiger partial charge on any atom is -0.344 e. The number of amides is 1. The Bertz CT molecular complexity index is 692. The van der Waals surface area contributed by atoms with Gasteiger partial charge in [0.15, 0.2) is 0 Å². The molecule has 0 saturated heterocycles. The van der Waals surface area contributed by atoms with Gasteiger partial charge in [0.2, 0.25) is 0 Å². The van der Waals surface area contributed by atoms with Crippen LogP contribution in [-0.4, -0.2) is 17.1 Å². The number of benzene rings is 1. The van der Waals surface area contributed by atoms with E-state index in [1.807, 2.05) is 0 Å². The Hall–Kier alpha value is -2.22. The molecular formula is C14H10ClF5N2O. The Balaban J connectivity index is 0.00000264. The maximum Gasteiger partial charge on any atom is 0.471 e. The molecule has 1 aromatic heterocycles. The number of alkyl halides is 3. The van der Waals surface area contributed by atoms with Gasteiger partial charge in [-0.15, -0.1) is 12.4 Å². The lowest BCUT2D eigenvalue weighted by atomic mass is 10.0. The van der Waals surface area contributed by atoms with Crippen molar-refractivity contribution in [2.24, 2.45) is 0 Å². The van der Waals surface area contributed by atoms with Gasteiger partial charge >= 0.3 is 12.1 Å². The second kappa shape index (κ2) is 7.36. The van der Waals surface area contributed by atoms with Gasteiger partial charge in [0.1, 0.15) is 11.6 Å². The summed E-state index contributed by atoms with van der Waals surface area (Å²) < 4.78 is 63.6. The molecule has 0 radical (unpaired) electrons. The summed E-state index contributed by atoms with van der Waals surface area (Å²) in [7, 11) is 0. The van der Waals surface area contributed by atoms with Gasteiger partial charge in [0.05, 0.1) is 0 Å². The first-order valence-corrected chi connectivity index (χ1v) is 6.02. The molecule has 23 heavy (non-hydrogen) atoms. The summed E-state index contributed by atoms with van der Waals surface area (Å²) in [5.74, 6) is -4.10. The van der Waals surface area contributed by atoms with Crippen LogP contribution >= 0.6 is 12.4 Å². The van der Waals surface area contributed by atoms with Crippen LogP contribution in [-0.2, 0) is 11.3 Å². The smallest absolute Gasteiger partial charge is 0.344 e. The molecule has 3 nitrogen and oxygen atoms in total. The highest BCUT2D eigenvalue weighted by atomic mass is 35.5. The SMILES string of the molecule is Cl.O=C(NCc1cc(-c2ccncc2)c(F)cc1F)C(F)(F)F. The number of rotatable bonds is 3. The molecule has 2 rings (SSSR count). The molecule has 0 unspecified atom stereocenters. The highest BCUT2D eigenvalue weighted by Crippen LogP contribution is 2.25. The second-order valence-corrected chi connectivity index (χ2v) is 4.34. The highest BCUT2D eigenvalue weighted by Gasteiger charge is 2.38. The van der Waals surface area contributed by atoms with Crippen LogP contribution in [0, 0.1) is 11.6 Å². The molecule has 0 atom stereocenters. The number of aromatic nitrogens is 1. The van der Waals surface area contributed by atoms with E-state index in [4.69, 9.17) is 0 Å². The minimum atomic E-state index is -5.07. The van der Waals surface area contributed by atoms with Crippen molar-refractivity contribution < 1.29 is 26.7 Å². The van der Waals surface area contributed by atoms with Crippen molar-refractivity contribution in [2.75, 3.05) is 0 Å². The molecule has 0 aliphatic heterocycles. The van der Waals surface area contributed by atoms with E-state index in [9.17, 15) is 26.7 Å². The van der Waals surface area contributed by atoms with Crippen molar-refractivity contribution in [2.45, 2.75) is 12.7 Å². The van der Waals surface area contributed by atoms with E-state index >= 15 is 0 Å². The van der Waals surface area contributed by atoms with Gasteiger partial charge in [-0.25, -0.2) is 8.78 Å². The number of pyridine rings is 1. The summed E-state index contributed by atoms with van der Waals surface area (Å²) in [4.78, 5) is 14.5. The van der Waals surface area contributed by atoms with E-state index in [-0.39, 0.29) is 23.5 Å². The van der Waals surface area contributed by atoms with Crippen LogP contribution in [0.25, 0.3) is 11.1 Å². The van der Waals surface area contributed by atoms with Crippen molar-refractivity contribution in [1.29, 1.82) is 0 Å². The average molecular weight is 353 g/mol. The Morgan fingerprint density at radius 1 is 1.09 bits per heavy atom. The summed E-state index contributed by atoms with van der Waals surface area (Å²) in [6, 6.07) is 4.55. The van der Waals surface area contributed by atoms with Crippen molar-refractivity contribution in [3.8, 4) is 11.1 Å². The molecule has 0 bridgehead atoms. The molecule has 0 fully saturated rings. The molecule has 0 aliphatic carbocycles. The maximum atomic E-state index is 13.8. The molecule has 1 amide bonds. The van der Waals surface area contributed by atoms with E-state index < -0.39 is 30.3 Å². The number of halogens is 6. The number of carbonyl (C=O) groups excluding carboxylic acids is 1. The molecule has 1 N–H and O–H groups in total. The maximum absolute atomic E-state index is 13.8. The minimum absolute atomic E-state index is 0. The first-order chi connectivity index (χ1) is 10.3. The summed E-state index contributed by atoms with van der Waals surface area (Å²) in [6.45, 7) is -0.706. The third-order valence-electron chi connectivity index (χ3n) is 2.82. The monoisotopic (exact) mass is 352 g/mol. The van der Waals surface area contributed by atoms with Crippen LogP contribution in [0.3, 0.4) is 0 Å². The molecule has 2 aromatic rings. The first kappa shape index (κ1) is 18.8. The topological polar surface area (TPSA) is 42.0 Å². The first-order valence-electron chi connectivity index (χ1n) is 6.02. The molecule has 0 saturated carbocycles. The Kier molecular flexibility index (Phi) is 6.03. The third-order valence-corrected chi connectivity index (χ3v) is 2.82. The standard InChI is InChI=1S/C14H9F5N2O.ClH/c15-11-6-12(16)10(8-1-3-20-4-2-8)5-9(11)7-21-13(22)14(17,18)19;/h1-6H,7H2,(H,21,22);1H. The quantitative estimate of drug-likeness (QED) is 0.857. The fourth-order valence-electron chi connectivity index (χ4n) is 1.76. The summed E-state index contributed by atoms with van der Waals surface area (Å²) in [6.07, 6.45) is -2.28. The van der Waals surface area contributed by atoms with Gasteiger partial charge in [-0.05, 0) is 23.8 Å². The van der Waals surface area contributed by atoms with E-state index in [0.717, 1.165) is 6.07 Å². The normalized spacial score (nSPS) is 10.8. The van der Waals surface area contributed by atoms with Crippen LogP contribution in [0.15, 0.2) is 36.7 Å². The fraction of sp³-hybridized carbons (Fsp3) is 0.143. The summed E-state index contributed by atoms with van der Waals surface area (Å²) in [5.41, 5.74) is 0.127. The average Bonchev–Trinajstić information content (AvgIpc) is 2.46. The fourth-order valence-corrected chi connectivity index (χ4v) is 1.76. The predicted octanol–water partition coefficient (Wildman–Crippen LogP) is 3.63. The molecule has 1 aromatic carbocycles. The lowest BCUT2D eigenvalue weighted by Gasteiger charge is -2.11. The van der Waals surface area contributed by atoms with Crippen LogP contribution < -0.4 is 5.32 Å². The number of nitrogens with zero attached hydrogens (tertiary/aromatic N) is 1. The number of carbonyl (C=O) groups is 1. The van der Waals surface area contributed by atoms with E-state index in [0.29, 0.717) is 11.6 Å². The third kappa shape index (κ3) is 4.62.